The number of anilines is 2. The Morgan fingerprint density at radius 2 is 1.84 bits per heavy atom. The SMILES string of the molecule is CCN(CC)CCn1ccc2cc(NC(=O)Nc3ccc(OCCOC)nc3)ccc21. The van der Waals surface area contributed by atoms with Crippen LogP contribution in [-0.2, 0) is 11.3 Å². The van der Waals surface area contributed by atoms with Crippen molar-refractivity contribution < 1.29 is 14.3 Å². The predicted octanol–water partition coefficient (Wildman–Crippen LogP) is 4.05. The second-order valence-electron chi connectivity index (χ2n) is 7.12. The number of aromatic nitrogens is 2. The highest BCUT2D eigenvalue weighted by Crippen LogP contribution is 2.21. The fourth-order valence-electron chi connectivity index (χ4n) is 3.32. The molecule has 1 aromatic carbocycles. The van der Waals surface area contributed by atoms with E-state index in [1.165, 1.54) is 0 Å². The van der Waals surface area contributed by atoms with Gasteiger partial charge in [0, 0.05) is 49.1 Å². The fraction of sp³-hybridized carbons (Fsp3) is 0.391. The molecule has 3 rings (SSSR count). The van der Waals surface area contributed by atoms with Crippen LogP contribution in [0.15, 0.2) is 48.8 Å². The van der Waals surface area contributed by atoms with Gasteiger partial charge >= 0.3 is 6.03 Å². The van der Waals surface area contributed by atoms with E-state index >= 15 is 0 Å². The van der Waals surface area contributed by atoms with Gasteiger partial charge in [0.1, 0.15) is 6.61 Å². The number of likely N-dealkylation sites (N-methyl/N-ethyl adjacent to an activating group) is 1. The Morgan fingerprint density at radius 1 is 1.06 bits per heavy atom. The Balaban J connectivity index is 1.55. The first kappa shape index (κ1) is 22.6. The maximum atomic E-state index is 12.4. The first-order chi connectivity index (χ1) is 15.1. The number of nitrogens with one attached hydrogen (secondary N) is 2. The summed E-state index contributed by atoms with van der Waals surface area (Å²) in [6.07, 6.45) is 3.65. The molecule has 166 valence electrons. The number of fused-ring (bicyclic) bond motifs is 1. The molecule has 0 saturated heterocycles. The van der Waals surface area contributed by atoms with Crippen LogP contribution in [0.2, 0.25) is 0 Å². The molecule has 2 heterocycles. The van der Waals surface area contributed by atoms with Gasteiger partial charge in [-0.25, -0.2) is 9.78 Å². The molecule has 31 heavy (non-hydrogen) atoms. The summed E-state index contributed by atoms with van der Waals surface area (Å²) in [4.78, 5) is 18.9. The third kappa shape index (κ3) is 6.44. The zero-order chi connectivity index (χ0) is 22.1. The van der Waals surface area contributed by atoms with Gasteiger partial charge in [0.25, 0.3) is 0 Å². The maximum absolute atomic E-state index is 12.4. The third-order valence-electron chi connectivity index (χ3n) is 5.11. The first-order valence-corrected chi connectivity index (χ1v) is 10.6. The highest BCUT2D eigenvalue weighted by Gasteiger charge is 2.07. The van der Waals surface area contributed by atoms with Crippen molar-refractivity contribution in [3.05, 3.63) is 48.8 Å². The molecule has 8 heteroatoms. The molecule has 0 unspecified atom stereocenters. The van der Waals surface area contributed by atoms with Crippen molar-refractivity contribution in [2.75, 3.05) is 50.6 Å². The first-order valence-electron chi connectivity index (χ1n) is 10.6. The summed E-state index contributed by atoms with van der Waals surface area (Å²) in [5.41, 5.74) is 2.48. The van der Waals surface area contributed by atoms with Gasteiger partial charge in [0.15, 0.2) is 0 Å². The van der Waals surface area contributed by atoms with E-state index in [1.807, 2.05) is 18.2 Å². The lowest BCUT2D eigenvalue weighted by molar-refractivity contribution is 0.144. The summed E-state index contributed by atoms with van der Waals surface area (Å²) < 4.78 is 12.6. The summed E-state index contributed by atoms with van der Waals surface area (Å²) >= 11 is 0. The van der Waals surface area contributed by atoms with E-state index in [-0.39, 0.29) is 6.03 Å². The molecule has 2 amide bonds. The number of benzene rings is 1. The summed E-state index contributed by atoms with van der Waals surface area (Å²) in [7, 11) is 1.61. The van der Waals surface area contributed by atoms with Gasteiger partial charge in [-0.05, 0) is 43.4 Å². The second kappa shape index (κ2) is 11.3. The number of hydrogen-bond acceptors (Lipinski definition) is 5. The number of hydrogen-bond donors (Lipinski definition) is 2. The van der Waals surface area contributed by atoms with Gasteiger partial charge in [-0.2, -0.15) is 0 Å². The molecule has 0 fully saturated rings. The van der Waals surface area contributed by atoms with Crippen LogP contribution in [0.1, 0.15) is 13.8 Å². The molecule has 2 aromatic heterocycles. The standard InChI is InChI=1S/C23H31N5O3/c1-4-27(5-2)12-13-28-11-10-18-16-19(6-8-21(18)28)25-23(29)26-20-7-9-22(24-17-20)31-15-14-30-3/h6-11,16-17H,4-5,12-15H2,1-3H3,(H2,25,26,29). The Labute approximate surface area is 183 Å². The quantitative estimate of drug-likeness (QED) is 0.453. The fourth-order valence-corrected chi connectivity index (χ4v) is 3.32. The highest BCUT2D eigenvalue weighted by atomic mass is 16.5. The molecule has 0 aliphatic carbocycles. The van der Waals surface area contributed by atoms with Gasteiger partial charge in [0.2, 0.25) is 5.88 Å². The topological polar surface area (TPSA) is 80.7 Å². The Morgan fingerprint density at radius 3 is 2.55 bits per heavy atom. The molecule has 0 spiro atoms. The highest BCUT2D eigenvalue weighted by molar-refractivity contribution is 6.00. The maximum Gasteiger partial charge on any atom is 0.323 e. The molecule has 0 saturated carbocycles. The number of carbonyl (C=O) groups excluding carboxylic acids is 1. The molecule has 0 atom stereocenters. The van der Waals surface area contributed by atoms with E-state index in [2.05, 4.69) is 51.2 Å². The summed E-state index contributed by atoms with van der Waals surface area (Å²) in [6.45, 7) is 9.35. The van der Waals surface area contributed by atoms with Crippen molar-refractivity contribution in [1.29, 1.82) is 0 Å². The van der Waals surface area contributed by atoms with E-state index in [9.17, 15) is 4.79 Å². The lowest BCUT2D eigenvalue weighted by atomic mass is 10.2. The number of urea groups is 1. The van der Waals surface area contributed by atoms with Crippen LogP contribution < -0.4 is 15.4 Å². The minimum Gasteiger partial charge on any atom is -0.475 e. The van der Waals surface area contributed by atoms with Gasteiger partial charge in [-0.15, -0.1) is 0 Å². The molecular formula is C23H31N5O3. The number of pyridine rings is 1. The van der Waals surface area contributed by atoms with Crippen molar-refractivity contribution in [1.82, 2.24) is 14.5 Å². The summed E-state index contributed by atoms with van der Waals surface area (Å²) in [5, 5.41) is 6.75. The number of ether oxygens (including phenoxy) is 2. The van der Waals surface area contributed by atoms with Crippen molar-refractivity contribution in [3.8, 4) is 5.88 Å². The molecule has 0 aliphatic rings. The summed E-state index contributed by atoms with van der Waals surface area (Å²) in [5.74, 6) is 0.485. The van der Waals surface area contributed by atoms with Gasteiger partial charge in [-0.3, -0.25) is 0 Å². The third-order valence-corrected chi connectivity index (χ3v) is 5.11. The minimum atomic E-state index is -0.324. The van der Waals surface area contributed by atoms with E-state index in [0.717, 1.165) is 42.8 Å². The van der Waals surface area contributed by atoms with E-state index in [1.54, 1.807) is 25.4 Å². The second-order valence-corrected chi connectivity index (χ2v) is 7.12. The molecule has 8 nitrogen and oxygen atoms in total. The lowest BCUT2D eigenvalue weighted by Crippen LogP contribution is -2.26. The van der Waals surface area contributed by atoms with Gasteiger partial charge < -0.3 is 29.6 Å². The molecular weight excluding hydrogens is 394 g/mol. The molecule has 0 bridgehead atoms. The zero-order valence-corrected chi connectivity index (χ0v) is 18.4. The Hall–Kier alpha value is -3.10. The minimum absolute atomic E-state index is 0.324. The van der Waals surface area contributed by atoms with Crippen molar-refractivity contribution >= 4 is 28.3 Å². The molecule has 0 aliphatic heterocycles. The average Bonchev–Trinajstić information content (AvgIpc) is 3.18. The lowest BCUT2D eigenvalue weighted by Gasteiger charge is -2.18. The number of methoxy groups -OCH3 is 1. The molecule has 0 radical (unpaired) electrons. The van der Waals surface area contributed by atoms with Crippen LogP contribution in [0.25, 0.3) is 10.9 Å². The van der Waals surface area contributed by atoms with Crippen LogP contribution in [0.3, 0.4) is 0 Å². The van der Waals surface area contributed by atoms with Crippen LogP contribution in [-0.4, -0.2) is 60.4 Å². The van der Waals surface area contributed by atoms with E-state index in [0.29, 0.717) is 24.8 Å². The van der Waals surface area contributed by atoms with E-state index in [4.69, 9.17) is 9.47 Å². The number of rotatable bonds is 11. The zero-order valence-electron chi connectivity index (χ0n) is 18.4. The smallest absolute Gasteiger partial charge is 0.323 e. The van der Waals surface area contributed by atoms with Crippen LogP contribution in [0.5, 0.6) is 5.88 Å². The van der Waals surface area contributed by atoms with Crippen LogP contribution >= 0.6 is 0 Å². The van der Waals surface area contributed by atoms with Crippen LogP contribution in [0, 0.1) is 0 Å². The largest absolute Gasteiger partial charge is 0.475 e. The molecule has 3 aromatic rings. The Kier molecular flexibility index (Phi) is 8.26. The van der Waals surface area contributed by atoms with Crippen molar-refractivity contribution in [2.24, 2.45) is 0 Å². The summed E-state index contributed by atoms with van der Waals surface area (Å²) in [6, 6.07) is 11.1. The predicted molar refractivity (Wildman–Crippen MR) is 124 cm³/mol. The van der Waals surface area contributed by atoms with Crippen molar-refractivity contribution in [2.45, 2.75) is 20.4 Å². The number of amides is 2. The van der Waals surface area contributed by atoms with Crippen LogP contribution in [0.4, 0.5) is 16.2 Å². The normalized spacial score (nSPS) is 11.1. The molecule has 2 N–H and O–H groups in total. The van der Waals surface area contributed by atoms with Gasteiger partial charge in [0.05, 0.1) is 18.5 Å². The van der Waals surface area contributed by atoms with Crippen molar-refractivity contribution in [3.63, 3.8) is 0 Å². The average molecular weight is 426 g/mol. The monoisotopic (exact) mass is 425 g/mol. The van der Waals surface area contributed by atoms with Gasteiger partial charge in [-0.1, -0.05) is 13.8 Å². The number of nitrogens with zero attached hydrogens (tertiary/aromatic N) is 3. The number of carbonyl (C=O) groups is 1. The Bertz CT molecular complexity index is 967. The van der Waals surface area contributed by atoms with E-state index < -0.39 is 0 Å².